The number of fused-ring (bicyclic) bond motifs is 1. The normalized spacial score (nSPS) is 17.8. The molecule has 1 aromatic carbocycles. The zero-order valence-electron chi connectivity index (χ0n) is 13.9. The molecule has 1 unspecified atom stereocenters. The van der Waals surface area contributed by atoms with Crippen molar-refractivity contribution in [1.82, 2.24) is 9.78 Å². The maximum atomic E-state index is 12.5. The van der Waals surface area contributed by atoms with Gasteiger partial charge in [-0.05, 0) is 44.4 Å². The average molecular weight is 354 g/mol. The molecule has 0 radical (unpaired) electrons. The van der Waals surface area contributed by atoms with Crippen LogP contribution in [-0.4, -0.2) is 27.6 Å². The molecule has 0 saturated heterocycles. The first-order valence-electron chi connectivity index (χ1n) is 8.42. The summed E-state index contributed by atoms with van der Waals surface area (Å²) in [5.74, 6) is -0.382. The second kappa shape index (κ2) is 6.44. The van der Waals surface area contributed by atoms with Crippen LogP contribution in [0.4, 0.5) is 0 Å². The van der Waals surface area contributed by atoms with Crippen LogP contribution >= 0.6 is 11.3 Å². The number of rotatable bonds is 3. The predicted molar refractivity (Wildman–Crippen MR) is 96.4 cm³/mol. The molecule has 0 N–H and O–H groups in total. The lowest BCUT2D eigenvalue weighted by molar-refractivity contribution is -0.129. The van der Waals surface area contributed by atoms with Gasteiger partial charge < -0.3 is 4.74 Å². The first-order chi connectivity index (χ1) is 12.1. The van der Waals surface area contributed by atoms with Gasteiger partial charge in [-0.25, -0.2) is 9.48 Å². The number of aromatic nitrogens is 2. The largest absolute Gasteiger partial charge is 0.450 e. The molecular weight excluding hydrogens is 336 g/mol. The summed E-state index contributed by atoms with van der Waals surface area (Å²) in [7, 11) is 0. The summed E-state index contributed by atoms with van der Waals surface area (Å²) >= 11 is 1.35. The Balaban J connectivity index is 1.65. The van der Waals surface area contributed by atoms with Crippen molar-refractivity contribution in [3.05, 3.63) is 47.0 Å². The zero-order valence-corrected chi connectivity index (χ0v) is 14.7. The van der Waals surface area contributed by atoms with Gasteiger partial charge in [0.2, 0.25) is 0 Å². The highest BCUT2D eigenvalue weighted by molar-refractivity contribution is 7.20. The highest BCUT2D eigenvalue weighted by Gasteiger charge is 2.27. The Kier molecular flexibility index (Phi) is 4.13. The van der Waals surface area contributed by atoms with Crippen molar-refractivity contribution < 1.29 is 14.3 Å². The van der Waals surface area contributed by atoms with E-state index in [1.54, 1.807) is 0 Å². The van der Waals surface area contributed by atoms with E-state index in [2.05, 4.69) is 5.10 Å². The van der Waals surface area contributed by atoms with E-state index in [0.717, 1.165) is 34.4 Å². The lowest BCUT2D eigenvalue weighted by Gasteiger charge is -2.20. The van der Waals surface area contributed by atoms with Crippen molar-refractivity contribution in [2.75, 3.05) is 0 Å². The van der Waals surface area contributed by atoms with Gasteiger partial charge in [0.15, 0.2) is 11.9 Å². The molecule has 3 aromatic rings. The number of ketones is 1. The first-order valence-corrected chi connectivity index (χ1v) is 9.23. The van der Waals surface area contributed by atoms with Crippen molar-refractivity contribution in [2.24, 2.45) is 0 Å². The summed E-state index contributed by atoms with van der Waals surface area (Å²) in [5.41, 5.74) is 1.81. The number of hydrogen-bond acceptors (Lipinski definition) is 5. The fraction of sp³-hybridized carbons (Fsp3) is 0.316. The van der Waals surface area contributed by atoms with Gasteiger partial charge in [-0.1, -0.05) is 18.2 Å². The minimum Gasteiger partial charge on any atom is -0.450 e. The minimum atomic E-state index is -0.585. The van der Waals surface area contributed by atoms with Crippen molar-refractivity contribution in [1.29, 1.82) is 0 Å². The smallest absolute Gasteiger partial charge is 0.349 e. The molecule has 5 nitrogen and oxygen atoms in total. The number of aryl methyl sites for hydroxylation is 1. The van der Waals surface area contributed by atoms with Crippen LogP contribution in [0.2, 0.25) is 0 Å². The number of carbonyl (C=O) groups excluding carboxylic acids is 2. The third-order valence-electron chi connectivity index (χ3n) is 4.49. The summed E-state index contributed by atoms with van der Waals surface area (Å²) in [4.78, 5) is 25.8. The Hall–Kier alpha value is -2.47. The molecule has 0 aliphatic heterocycles. The van der Waals surface area contributed by atoms with Crippen LogP contribution in [0.1, 0.15) is 41.0 Å². The second-order valence-electron chi connectivity index (χ2n) is 6.27. The maximum Gasteiger partial charge on any atom is 0.349 e. The van der Waals surface area contributed by atoms with Crippen LogP contribution in [0, 0.1) is 6.92 Å². The van der Waals surface area contributed by atoms with Gasteiger partial charge in [0, 0.05) is 11.8 Å². The number of para-hydroxylation sites is 1. The zero-order chi connectivity index (χ0) is 17.4. The summed E-state index contributed by atoms with van der Waals surface area (Å²) in [6.07, 6.45) is 2.37. The number of carbonyl (C=O) groups is 2. The van der Waals surface area contributed by atoms with E-state index in [0.29, 0.717) is 17.7 Å². The Morgan fingerprint density at radius 1 is 1.28 bits per heavy atom. The number of esters is 1. The van der Waals surface area contributed by atoms with E-state index >= 15 is 0 Å². The van der Waals surface area contributed by atoms with E-state index < -0.39 is 12.1 Å². The van der Waals surface area contributed by atoms with Crippen molar-refractivity contribution in [3.8, 4) is 5.69 Å². The molecular formula is C19H18N2O3S. The summed E-state index contributed by atoms with van der Waals surface area (Å²) in [6, 6.07) is 11.6. The molecule has 1 fully saturated rings. The molecule has 128 valence electrons. The SMILES string of the molecule is Cc1nn(-c2ccccc2)c2sc(C(=O)OC3CCCCC3=O)cc12. The molecule has 25 heavy (non-hydrogen) atoms. The van der Waals surface area contributed by atoms with Gasteiger partial charge in [0.05, 0.1) is 11.4 Å². The maximum absolute atomic E-state index is 12.5. The van der Waals surface area contributed by atoms with Gasteiger partial charge in [-0.2, -0.15) is 5.10 Å². The molecule has 2 heterocycles. The average Bonchev–Trinajstić information content (AvgIpc) is 3.19. The van der Waals surface area contributed by atoms with Gasteiger partial charge in [0.1, 0.15) is 9.71 Å². The van der Waals surface area contributed by atoms with E-state index in [1.807, 2.05) is 48.0 Å². The molecule has 1 atom stereocenters. The van der Waals surface area contributed by atoms with Crippen molar-refractivity contribution in [3.63, 3.8) is 0 Å². The van der Waals surface area contributed by atoms with Gasteiger partial charge in [-0.3, -0.25) is 4.79 Å². The lowest BCUT2D eigenvalue weighted by Crippen LogP contribution is -2.29. The van der Waals surface area contributed by atoms with Gasteiger partial charge >= 0.3 is 5.97 Å². The monoisotopic (exact) mass is 354 g/mol. The van der Waals surface area contributed by atoms with Crippen molar-refractivity contribution in [2.45, 2.75) is 38.7 Å². The molecule has 0 amide bonds. The molecule has 1 saturated carbocycles. The number of hydrogen-bond donors (Lipinski definition) is 0. The summed E-state index contributed by atoms with van der Waals surface area (Å²) in [5, 5.41) is 5.51. The molecule has 4 rings (SSSR count). The van der Waals surface area contributed by atoms with E-state index in [4.69, 9.17) is 4.74 Å². The van der Waals surface area contributed by atoms with E-state index in [9.17, 15) is 9.59 Å². The molecule has 0 bridgehead atoms. The highest BCUT2D eigenvalue weighted by Crippen LogP contribution is 2.31. The molecule has 1 aliphatic carbocycles. The lowest BCUT2D eigenvalue weighted by atomic mass is 9.96. The Bertz CT molecular complexity index is 942. The van der Waals surface area contributed by atoms with Crippen LogP contribution in [0.5, 0.6) is 0 Å². The van der Waals surface area contributed by atoms with Crippen LogP contribution in [0.25, 0.3) is 15.9 Å². The quantitative estimate of drug-likeness (QED) is 0.665. The molecule has 1 aliphatic rings. The third-order valence-corrected chi connectivity index (χ3v) is 5.59. The molecule has 0 spiro atoms. The van der Waals surface area contributed by atoms with Gasteiger partial charge in [-0.15, -0.1) is 11.3 Å². The Morgan fingerprint density at radius 3 is 2.84 bits per heavy atom. The van der Waals surface area contributed by atoms with Crippen LogP contribution in [-0.2, 0) is 9.53 Å². The fourth-order valence-electron chi connectivity index (χ4n) is 3.15. The Labute approximate surface area is 149 Å². The number of nitrogens with zero attached hydrogens (tertiary/aromatic N) is 2. The topological polar surface area (TPSA) is 61.2 Å². The summed E-state index contributed by atoms with van der Waals surface area (Å²) < 4.78 is 7.31. The number of Topliss-reactive ketones (excluding diaryl/α,β-unsaturated/α-hetero) is 1. The summed E-state index contributed by atoms with van der Waals surface area (Å²) in [6.45, 7) is 1.92. The number of benzene rings is 1. The van der Waals surface area contributed by atoms with E-state index in [-0.39, 0.29) is 5.78 Å². The third kappa shape index (κ3) is 2.98. The van der Waals surface area contributed by atoms with Crippen molar-refractivity contribution >= 4 is 33.3 Å². The molecule has 2 aromatic heterocycles. The van der Waals surface area contributed by atoms with Crippen LogP contribution in [0.15, 0.2) is 36.4 Å². The van der Waals surface area contributed by atoms with Crippen LogP contribution < -0.4 is 0 Å². The number of thiophene rings is 1. The molecule has 6 heteroatoms. The Morgan fingerprint density at radius 2 is 2.08 bits per heavy atom. The predicted octanol–water partition coefficient (Wildman–Crippen LogP) is 4.06. The second-order valence-corrected chi connectivity index (χ2v) is 7.30. The number of ether oxygens (including phenoxy) is 1. The first kappa shape index (κ1) is 16.0. The van der Waals surface area contributed by atoms with Crippen LogP contribution in [0.3, 0.4) is 0 Å². The highest BCUT2D eigenvalue weighted by atomic mass is 32.1. The minimum absolute atomic E-state index is 0.0346. The van der Waals surface area contributed by atoms with Gasteiger partial charge in [0.25, 0.3) is 0 Å². The van der Waals surface area contributed by atoms with E-state index in [1.165, 1.54) is 11.3 Å². The fourth-order valence-corrected chi connectivity index (χ4v) is 4.22. The standard InChI is InChI=1S/C19H18N2O3S/c1-12-14-11-17(19(23)24-16-10-6-5-9-15(16)22)25-18(14)21(20-12)13-7-3-2-4-8-13/h2-4,7-8,11,16H,5-6,9-10H2,1H3.